The van der Waals surface area contributed by atoms with Gasteiger partial charge in [0.25, 0.3) is 0 Å². The Morgan fingerprint density at radius 3 is 2.92 bits per heavy atom. The molecule has 0 spiro atoms. The summed E-state index contributed by atoms with van der Waals surface area (Å²) in [5.41, 5.74) is 1.05. The number of fused-ring (bicyclic) bond motifs is 2. The molecule has 3 atom stereocenters. The Morgan fingerprint density at radius 1 is 1.46 bits per heavy atom. The third-order valence-electron chi connectivity index (χ3n) is 4.83. The van der Waals surface area contributed by atoms with Crippen molar-refractivity contribution < 1.29 is 18.7 Å². The van der Waals surface area contributed by atoms with Gasteiger partial charge in [-0.2, -0.15) is 0 Å². The topological polar surface area (TPSA) is 65.7 Å². The summed E-state index contributed by atoms with van der Waals surface area (Å²) >= 11 is 0. The van der Waals surface area contributed by atoms with Crippen LogP contribution in [-0.2, 0) is 16.0 Å². The van der Waals surface area contributed by atoms with E-state index in [0.29, 0.717) is 41.9 Å². The summed E-state index contributed by atoms with van der Waals surface area (Å²) in [5, 5.41) is 0. The van der Waals surface area contributed by atoms with Gasteiger partial charge in [0.2, 0.25) is 5.79 Å². The molecule has 0 N–H and O–H groups in total. The molecular weight excluding hydrogens is 308 g/mol. The highest BCUT2D eigenvalue weighted by Gasteiger charge is 2.51. The van der Waals surface area contributed by atoms with Crippen molar-refractivity contribution in [3.8, 4) is 5.75 Å². The highest BCUT2D eigenvalue weighted by Crippen LogP contribution is 2.47. The van der Waals surface area contributed by atoms with Gasteiger partial charge < -0.3 is 13.9 Å². The van der Waals surface area contributed by atoms with Gasteiger partial charge in [0.05, 0.1) is 17.7 Å². The fraction of sp³-hybridized carbons (Fsp3) is 0.474. The minimum Gasteiger partial charge on any atom is -0.461 e. The molecule has 3 rings (SSSR count). The van der Waals surface area contributed by atoms with Crippen molar-refractivity contribution >= 4 is 11.9 Å². The van der Waals surface area contributed by atoms with Crippen LogP contribution in [0, 0.1) is 11.8 Å². The molecule has 3 heterocycles. The average molecular weight is 330 g/mol. The molecular formula is C19H22O5. The molecule has 24 heavy (non-hydrogen) atoms. The van der Waals surface area contributed by atoms with Gasteiger partial charge in [0.1, 0.15) is 12.0 Å². The van der Waals surface area contributed by atoms with Crippen molar-refractivity contribution in [2.75, 3.05) is 6.61 Å². The summed E-state index contributed by atoms with van der Waals surface area (Å²) in [6, 6.07) is 0. The van der Waals surface area contributed by atoms with Crippen LogP contribution in [0.4, 0.5) is 0 Å². The lowest BCUT2D eigenvalue weighted by Gasteiger charge is -2.37. The summed E-state index contributed by atoms with van der Waals surface area (Å²) in [6.07, 6.45) is 9.13. The number of ether oxygens (including phenoxy) is 2. The molecule has 0 aliphatic carbocycles. The number of carbonyl (C=O) groups is 1. The van der Waals surface area contributed by atoms with Crippen LogP contribution in [0.2, 0.25) is 0 Å². The predicted octanol–water partition coefficient (Wildman–Crippen LogP) is 3.12. The largest absolute Gasteiger partial charge is 0.461 e. The van der Waals surface area contributed by atoms with Crippen molar-refractivity contribution in [1.82, 2.24) is 0 Å². The molecule has 128 valence electrons. The molecule has 0 bridgehead atoms. The zero-order valence-electron chi connectivity index (χ0n) is 14.2. The molecule has 0 saturated carbocycles. The van der Waals surface area contributed by atoms with Crippen molar-refractivity contribution in [1.29, 1.82) is 0 Å². The van der Waals surface area contributed by atoms with Crippen molar-refractivity contribution in [2.45, 2.75) is 39.4 Å². The van der Waals surface area contributed by atoms with Crippen LogP contribution in [0.3, 0.4) is 0 Å². The first kappa shape index (κ1) is 16.7. The van der Waals surface area contributed by atoms with E-state index in [-0.39, 0.29) is 11.8 Å². The third-order valence-corrected chi connectivity index (χ3v) is 4.83. The maximum atomic E-state index is 12.2. The van der Waals surface area contributed by atoms with Gasteiger partial charge in [-0.1, -0.05) is 25.2 Å². The summed E-state index contributed by atoms with van der Waals surface area (Å²) < 4.78 is 17.2. The Balaban J connectivity index is 2.11. The van der Waals surface area contributed by atoms with E-state index in [4.69, 9.17) is 13.9 Å². The molecule has 0 aromatic carbocycles. The van der Waals surface area contributed by atoms with Crippen molar-refractivity contribution in [3.05, 3.63) is 46.0 Å². The van der Waals surface area contributed by atoms with Gasteiger partial charge in [0, 0.05) is 24.3 Å². The summed E-state index contributed by atoms with van der Waals surface area (Å²) in [6.45, 7) is 6.35. The molecule has 2 aliphatic rings. The molecule has 5 heteroatoms. The quantitative estimate of drug-likeness (QED) is 0.482. The molecule has 1 aromatic rings. The predicted molar refractivity (Wildman–Crippen MR) is 89.8 cm³/mol. The Bertz CT molecular complexity index is 758. The van der Waals surface area contributed by atoms with Crippen LogP contribution in [0.1, 0.15) is 38.3 Å². The SMILES string of the molecule is CC=CC1COC2(C)Oc3c(C(C=O)=CCC)coc(=O)c3CC12. The van der Waals surface area contributed by atoms with E-state index >= 15 is 0 Å². The van der Waals surface area contributed by atoms with Crippen LogP contribution >= 0.6 is 0 Å². The molecule has 1 aromatic heterocycles. The maximum Gasteiger partial charge on any atom is 0.342 e. The number of carbonyl (C=O) groups excluding carboxylic acids is 1. The summed E-state index contributed by atoms with van der Waals surface area (Å²) in [5.74, 6) is -0.167. The van der Waals surface area contributed by atoms with E-state index in [1.807, 2.05) is 26.8 Å². The lowest BCUT2D eigenvalue weighted by atomic mass is 9.81. The molecule has 3 unspecified atom stereocenters. The molecule has 2 aliphatic heterocycles. The second kappa shape index (κ2) is 6.40. The van der Waals surface area contributed by atoms with Crippen LogP contribution < -0.4 is 10.4 Å². The first-order chi connectivity index (χ1) is 11.5. The first-order valence-corrected chi connectivity index (χ1v) is 8.30. The lowest BCUT2D eigenvalue weighted by Crippen LogP contribution is -2.45. The fourth-order valence-corrected chi connectivity index (χ4v) is 3.60. The number of allylic oxidation sites excluding steroid dienone is 3. The van der Waals surface area contributed by atoms with E-state index in [0.717, 1.165) is 6.29 Å². The van der Waals surface area contributed by atoms with Crippen LogP contribution in [0.15, 0.2) is 33.7 Å². The van der Waals surface area contributed by atoms with Crippen LogP contribution in [-0.4, -0.2) is 18.7 Å². The summed E-state index contributed by atoms with van der Waals surface area (Å²) in [4.78, 5) is 23.7. The maximum absolute atomic E-state index is 12.2. The fourth-order valence-electron chi connectivity index (χ4n) is 3.60. The van der Waals surface area contributed by atoms with E-state index in [1.165, 1.54) is 6.26 Å². The second-order valence-electron chi connectivity index (χ2n) is 6.36. The van der Waals surface area contributed by atoms with Gasteiger partial charge in [-0.25, -0.2) is 4.79 Å². The zero-order valence-corrected chi connectivity index (χ0v) is 14.2. The van der Waals surface area contributed by atoms with E-state index in [2.05, 4.69) is 6.08 Å². The van der Waals surface area contributed by atoms with E-state index in [9.17, 15) is 9.59 Å². The third kappa shape index (κ3) is 2.63. The highest BCUT2D eigenvalue weighted by atomic mass is 16.7. The van der Waals surface area contributed by atoms with Crippen molar-refractivity contribution in [2.24, 2.45) is 11.8 Å². The number of aldehydes is 1. The minimum atomic E-state index is -0.806. The Morgan fingerprint density at radius 2 is 2.25 bits per heavy atom. The van der Waals surface area contributed by atoms with Gasteiger partial charge in [-0.05, 0) is 19.8 Å². The second-order valence-corrected chi connectivity index (χ2v) is 6.36. The minimum absolute atomic E-state index is 0.0363. The molecule has 0 amide bonds. The Kier molecular flexibility index (Phi) is 4.45. The normalized spacial score (nSPS) is 29.2. The van der Waals surface area contributed by atoms with Gasteiger partial charge >= 0.3 is 5.63 Å². The zero-order chi connectivity index (χ0) is 17.3. The lowest BCUT2D eigenvalue weighted by molar-refractivity contribution is -0.166. The average Bonchev–Trinajstić information content (AvgIpc) is 2.88. The molecule has 5 nitrogen and oxygen atoms in total. The first-order valence-electron chi connectivity index (χ1n) is 8.30. The van der Waals surface area contributed by atoms with Crippen molar-refractivity contribution in [3.63, 3.8) is 0 Å². The standard InChI is InChI=1S/C19H22O5/c1-4-6-12(9-20)15-11-22-18(21)14-8-16-13(7-5-2)10-23-19(16,3)24-17(14)15/h5-7,9,11,13,16H,4,8,10H2,1-3H3. The Labute approximate surface area is 141 Å². The van der Waals surface area contributed by atoms with Crippen LogP contribution in [0.25, 0.3) is 5.57 Å². The molecule has 1 saturated heterocycles. The number of rotatable bonds is 4. The Hall–Kier alpha value is -2.14. The van der Waals surface area contributed by atoms with Gasteiger partial charge in [0.15, 0.2) is 6.29 Å². The van der Waals surface area contributed by atoms with Gasteiger partial charge in [-0.15, -0.1) is 0 Å². The number of hydrogen-bond donors (Lipinski definition) is 0. The van der Waals surface area contributed by atoms with E-state index < -0.39 is 11.4 Å². The number of hydrogen-bond acceptors (Lipinski definition) is 5. The van der Waals surface area contributed by atoms with E-state index in [1.54, 1.807) is 6.08 Å². The van der Waals surface area contributed by atoms with Crippen LogP contribution in [0.5, 0.6) is 5.75 Å². The molecule has 1 fully saturated rings. The smallest absolute Gasteiger partial charge is 0.342 e. The monoisotopic (exact) mass is 330 g/mol. The highest BCUT2D eigenvalue weighted by molar-refractivity contribution is 6.08. The summed E-state index contributed by atoms with van der Waals surface area (Å²) in [7, 11) is 0. The van der Waals surface area contributed by atoms with Gasteiger partial charge in [-0.3, -0.25) is 4.79 Å². The molecule has 0 radical (unpaired) electrons.